The Labute approximate surface area is 88.9 Å². The zero-order valence-electron chi connectivity index (χ0n) is 9.89. The van der Waals surface area contributed by atoms with Crippen molar-refractivity contribution in [2.45, 2.75) is 77.2 Å². The van der Waals surface area contributed by atoms with Crippen molar-refractivity contribution < 1.29 is 5.11 Å². The van der Waals surface area contributed by atoms with E-state index in [1.54, 1.807) is 0 Å². The highest BCUT2D eigenvalue weighted by atomic mass is 16.3. The highest BCUT2D eigenvalue weighted by Gasteiger charge is 2.50. The Hall–Kier alpha value is -0.0400. The van der Waals surface area contributed by atoms with E-state index < -0.39 is 0 Å². The molecule has 1 fully saturated rings. The van der Waals surface area contributed by atoms with Crippen molar-refractivity contribution in [2.24, 2.45) is 5.92 Å². The number of unbranched alkanes of at least 4 members (excludes halogenated alkanes) is 4. The fraction of sp³-hybridized carbons (Fsp3) is 1.00. The molecule has 0 aromatic carbocycles. The first-order chi connectivity index (χ1) is 6.73. The molecule has 0 heterocycles. The molecule has 2 atom stereocenters. The van der Waals surface area contributed by atoms with E-state index in [2.05, 4.69) is 13.8 Å². The van der Waals surface area contributed by atoms with Crippen LogP contribution in [0.1, 0.15) is 71.6 Å². The topological polar surface area (TPSA) is 20.2 Å². The number of hydrogen-bond acceptors (Lipinski definition) is 1. The second-order valence-corrected chi connectivity index (χ2v) is 4.96. The van der Waals surface area contributed by atoms with Gasteiger partial charge in [-0.3, -0.25) is 0 Å². The Morgan fingerprint density at radius 1 is 1.07 bits per heavy atom. The lowest BCUT2D eigenvalue weighted by Gasteiger charge is -2.09. The van der Waals surface area contributed by atoms with E-state index in [0.29, 0.717) is 5.92 Å². The number of hydrogen-bond donors (Lipinski definition) is 1. The minimum Gasteiger partial charge on any atom is -0.390 e. The lowest BCUT2D eigenvalue weighted by Crippen LogP contribution is -2.10. The van der Waals surface area contributed by atoms with Gasteiger partial charge in [0.15, 0.2) is 0 Å². The summed E-state index contributed by atoms with van der Waals surface area (Å²) >= 11 is 0. The molecule has 0 amide bonds. The lowest BCUT2D eigenvalue weighted by molar-refractivity contribution is 0.115. The van der Waals surface area contributed by atoms with Gasteiger partial charge in [0.05, 0.1) is 5.60 Å². The summed E-state index contributed by atoms with van der Waals surface area (Å²) in [6.07, 6.45) is 11.1. The van der Waals surface area contributed by atoms with Crippen LogP contribution in [0.2, 0.25) is 0 Å². The molecule has 84 valence electrons. The van der Waals surface area contributed by atoms with Gasteiger partial charge in [-0.1, -0.05) is 52.4 Å². The Bertz CT molecular complexity index is 155. The molecule has 1 saturated carbocycles. The van der Waals surface area contributed by atoms with Gasteiger partial charge in [-0.15, -0.1) is 0 Å². The Morgan fingerprint density at radius 3 is 2.36 bits per heavy atom. The van der Waals surface area contributed by atoms with Crippen LogP contribution < -0.4 is 0 Å². The molecule has 0 aliphatic heterocycles. The first-order valence-electron chi connectivity index (χ1n) is 6.45. The van der Waals surface area contributed by atoms with Crippen LogP contribution in [0.4, 0.5) is 0 Å². The molecule has 14 heavy (non-hydrogen) atoms. The minimum absolute atomic E-state index is 0.233. The molecule has 1 nitrogen and oxygen atoms in total. The van der Waals surface area contributed by atoms with Gasteiger partial charge in [-0.2, -0.15) is 0 Å². The summed E-state index contributed by atoms with van der Waals surface area (Å²) in [5.74, 6) is 0.644. The molecular formula is C13H26O. The van der Waals surface area contributed by atoms with E-state index in [1.165, 1.54) is 44.9 Å². The third-order valence-corrected chi connectivity index (χ3v) is 3.57. The number of aliphatic hydroxyl groups is 1. The molecule has 0 aromatic heterocycles. The van der Waals surface area contributed by atoms with Gasteiger partial charge >= 0.3 is 0 Å². The number of rotatable bonds is 8. The first kappa shape index (κ1) is 12.0. The lowest BCUT2D eigenvalue weighted by atomic mass is 10.0. The molecular weight excluding hydrogens is 172 g/mol. The van der Waals surface area contributed by atoms with Crippen molar-refractivity contribution in [2.75, 3.05) is 0 Å². The molecule has 0 radical (unpaired) electrons. The zero-order chi connectivity index (χ0) is 10.4. The predicted octanol–water partition coefficient (Wildman–Crippen LogP) is 3.90. The second-order valence-electron chi connectivity index (χ2n) is 4.96. The maximum absolute atomic E-state index is 10.1. The van der Waals surface area contributed by atoms with Gasteiger partial charge < -0.3 is 5.11 Å². The summed E-state index contributed by atoms with van der Waals surface area (Å²) in [4.78, 5) is 0. The maximum atomic E-state index is 10.1. The van der Waals surface area contributed by atoms with Crippen LogP contribution in [0, 0.1) is 5.92 Å². The Kier molecular flexibility index (Phi) is 4.94. The summed E-state index contributed by atoms with van der Waals surface area (Å²) in [7, 11) is 0. The normalized spacial score (nSPS) is 30.6. The summed E-state index contributed by atoms with van der Waals surface area (Å²) in [5.41, 5.74) is -0.233. The van der Waals surface area contributed by atoms with E-state index >= 15 is 0 Å². The van der Waals surface area contributed by atoms with Gasteiger partial charge in [0.2, 0.25) is 0 Å². The third-order valence-electron chi connectivity index (χ3n) is 3.57. The smallest absolute Gasteiger partial charge is 0.0680 e. The van der Waals surface area contributed by atoms with Gasteiger partial charge in [-0.05, 0) is 25.2 Å². The summed E-state index contributed by atoms with van der Waals surface area (Å²) in [6.45, 7) is 4.45. The van der Waals surface area contributed by atoms with Crippen LogP contribution >= 0.6 is 0 Å². The van der Waals surface area contributed by atoms with Crippen molar-refractivity contribution >= 4 is 0 Å². The molecule has 0 unspecified atom stereocenters. The van der Waals surface area contributed by atoms with Crippen molar-refractivity contribution in [1.82, 2.24) is 0 Å². The molecule has 1 heteroatoms. The largest absolute Gasteiger partial charge is 0.390 e. The predicted molar refractivity (Wildman–Crippen MR) is 61.3 cm³/mol. The van der Waals surface area contributed by atoms with E-state index in [4.69, 9.17) is 0 Å². The standard InChI is InChI=1S/C13H26O/c1-3-5-7-9-12-11-13(12,14)10-8-6-4-2/h12,14H,3-11H2,1-2H3/t12-,13-/m1/s1. The average molecular weight is 198 g/mol. The molecule has 1 N–H and O–H groups in total. The monoisotopic (exact) mass is 198 g/mol. The zero-order valence-corrected chi connectivity index (χ0v) is 9.89. The van der Waals surface area contributed by atoms with Crippen LogP contribution in [0.25, 0.3) is 0 Å². The fourth-order valence-electron chi connectivity index (χ4n) is 2.37. The molecule has 0 spiro atoms. The molecule has 0 bridgehead atoms. The highest BCUT2D eigenvalue weighted by molar-refractivity contribution is 5.02. The van der Waals surface area contributed by atoms with Crippen LogP contribution in [0.3, 0.4) is 0 Å². The molecule has 0 aromatic rings. The molecule has 1 aliphatic rings. The van der Waals surface area contributed by atoms with E-state index in [0.717, 1.165) is 12.8 Å². The molecule has 0 saturated heterocycles. The maximum Gasteiger partial charge on any atom is 0.0680 e. The van der Waals surface area contributed by atoms with Crippen LogP contribution in [0.5, 0.6) is 0 Å². The van der Waals surface area contributed by atoms with Crippen molar-refractivity contribution in [1.29, 1.82) is 0 Å². The van der Waals surface area contributed by atoms with Gasteiger partial charge in [-0.25, -0.2) is 0 Å². The molecule has 1 rings (SSSR count). The summed E-state index contributed by atoms with van der Waals surface area (Å²) in [6, 6.07) is 0. The van der Waals surface area contributed by atoms with Crippen molar-refractivity contribution in [3.63, 3.8) is 0 Å². The van der Waals surface area contributed by atoms with E-state index in [9.17, 15) is 5.11 Å². The third kappa shape index (κ3) is 3.61. The minimum atomic E-state index is -0.233. The SMILES string of the molecule is CCCCC[C@@H]1C[C@]1(O)CCCCC. The van der Waals surface area contributed by atoms with Crippen molar-refractivity contribution in [3.05, 3.63) is 0 Å². The fourth-order valence-corrected chi connectivity index (χ4v) is 2.37. The second kappa shape index (κ2) is 5.75. The highest BCUT2D eigenvalue weighted by Crippen LogP contribution is 2.50. The van der Waals surface area contributed by atoms with Gasteiger partial charge in [0, 0.05) is 0 Å². The van der Waals surface area contributed by atoms with E-state index in [-0.39, 0.29) is 5.60 Å². The van der Waals surface area contributed by atoms with Gasteiger partial charge in [0.1, 0.15) is 0 Å². The van der Waals surface area contributed by atoms with E-state index in [1.807, 2.05) is 0 Å². The summed E-state index contributed by atoms with van der Waals surface area (Å²) in [5, 5.41) is 10.1. The Morgan fingerprint density at radius 2 is 1.71 bits per heavy atom. The Balaban J connectivity index is 2.03. The van der Waals surface area contributed by atoms with Crippen LogP contribution in [-0.4, -0.2) is 10.7 Å². The molecule has 1 aliphatic carbocycles. The van der Waals surface area contributed by atoms with Crippen LogP contribution in [-0.2, 0) is 0 Å². The van der Waals surface area contributed by atoms with Crippen molar-refractivity contribution in [3.8, 4) is 0 Å². The van der Waals surface area contributed by atoms with Gasteiger partial charge in [0.25, 0.3) is 0 Å². The van der Waals surface area contributed by atoms with Crippen LogP contribution in [0.15, 0.2) is 0 Å². The first-order valence-corrected chi connectivity index (χ1v) is 6.45. The summed E-state index contributed by atoms with van der Waals surface area (Å²) < 4.78 is 0. The quantitative estimate of drug-likeness (QED) is 0.586. The average Bonchev–Trinajstić information content (AvgIpc) is 2.79.